The molecule has 1 aromatic heterocycles. The Bertz CT molecular complexity index is 537. The Morgan fingerprint density at radius 2 is 1.91 bits per heavy atom. The van der Waals surface area contributed by atoms with Crippen molar-refractivity contribution in [2.45, 2.75) is 41.2 Å². The molecule has 1 aromatic rings. The fourth-order valence-corrected chi connectivity index (χ4v) is 3.15. The summed E-state index contributed by atoms with van der Waals surface area (Å²) in [5, 5.41) is 4.31. The molecule has 23 heavy (non-hydrogen) atoms. The standard InChI is InChI=1S/C16H29N5OS/c1-7-17-16(18-10-14-12(4)19-13(5)23-14)20(6)11-15(22)21(8-2)9-3/h7-11H2,1-6H3,(H,17,18). The van der Waals surface area contributed by atoms with E-state index in [2.05, 4.69) is 15.3 Å². The van der Waals surface area contributed by atoms with Crippen LogP contribution in [0.5, 0.6) is 0 Å². The van der Waals surface area contributed by atoms with Gasteiger partial charge in [0.1, 0.15) is 0 Å². The molecule has 7 heteroatoms. The lowest BCUT2D eigenvalue weighted by Gasteiger charge is -2.25. The van der Waals surface area contributed by atoms with Gasteiger partial charge in [0.25, 0.3) is 0 Å². The SMILES string of the molecule is CCNC(=NCc1sc(C)nc1C)N(C)CC(=O)N(CC)CC. The van der Waals surface area contributed by atoms with Crippen LogP contribution in [-0.2, 0) is 11.3 Å². The van der Waals surface area contributed by atoms with Gasteiger partial charge in [-0.25, -0.2) is 9.98 Å². The summed E-state index contributed by atoms with van der Waals surface area (Å²) < 4.78 is 0. The van der Waals surface area contributed by atoms with Crippen molar-refractivity contribution >= 4 is 23.2 Å². The van der Waals surface area contributed by atoms with E-state index in [0.29, 0.717) is 13.1 Å². The third-order valence-electron chi connectivity index (χ3n) is 3.56. The zero-order chi connectivity index (χ0) is 17.4. The summed E-state index contributed by atoms with van der Waals surface area (Å²) in [6.45, 7) is 13.2. The lowest BCUT2D eigenvalue weighted by atomic mass is 10.4. The van der Waals surface area contributed by atoms with Crippen LogP contribution in [0.1, 0.15) is 36.3 Å². The molecule has 1 amide bonds. The molecule has 6 nitrogen and oxygen atoms in total. The summed E-state index contributed by atoms with van der Waals surface area (Å²) in [6.07, 6.45) is 0. The largest absolute Gasteiger partial charge is 0.357 e. The van der Waals surface area contributed by atoms with Crippen LogP contribution >= 0.6 is 11.3 Å². The number of aryl methyl sites for hydroxylation is 2. The summed E-state index contributed by atoms with van der Waals surface area (Å²) in [5.74, 6) is 0.867. The van der Waals surface area contributed by atoms with Crippen LogP contribution in [0.3, 0.4) is 0 Å². The molecule has 0 saturated heterocycles. The number of thiazole rings is 1. The molecule has 0 unspecified atom stereocenters. The van der Waals surface area contributed by atoms with Crippen molar-refractivity contribution in [2.75, 3.05) is 33.2 Å². The first kappa shape index (κ1) is 19.4. The minimum absolute atomic E-state index is 0.118. The zero-order valence-electron chi connectivity index (χ0n) is 15.1. The van der Waals surface area contributed by atoms with E-state index in [1.807, 2.05) is 51.5 Å². The number of carbonyl (C=O) groups is 1. The van der Waals surface area contributed by atoms with Crippen LogP contribution in [0.4, 0.5) is 0 Å². The minimum atomic E-state index is 0.118. The first-order valence-electron chi connectivity index (χ1n) is 8.12. The second-order valence-corrected chi connectivity index (χ2v) is 6.62. The summed E-state index contributed by atoms with van der Waals surface area (Å²) in [5.41, 5.74) is 1.04. The first-order chi connectivity index (χ1) is 10.9. The molecule has 1 heterocycles. The van der Waals surface area contributed by atoms with Crippen molar-refractivity contribution in [3.05, 3.63) is 15.6 Å². The van der Waals surface area contributed by atoms with Gasteiger partial charge >= 0.3 is 0 Å². The molecule has 0 radical (unpaired) electrons. The molecule has 0 fully saturated rings. The van der Waals surface area contributed by atoms with Gasteiger partial charge in [0.15, 0.2) is 5.96 Å². The Balaban J connectivity index is 2.77. The Kier molecular flexibility index (Phi) is 8.02. The van der Waals surface area contributed by atoms with E-state index in [-0.39, 0.29) is 5.91 Å². The van der Waals surface area contributed by atoms with Gasteiger partial charge < -0.3 is 15.1 Å². The average molecular weight is 340 g/mol. The number of nitrogens with one attached hydrogen (secondary N) is 1. The van der Waals surface area contributed by atoms with E-state index in [1.165, 1.54) is 4.88 Å². The number of rotatable bonds is 7. The van der Waals surface area contributed by atoms with Crippen LogP contribution in [0.25, 0.3) is 0 Å². The highest BCUT2D eigenvalue weighted by Gasteiger charge is 2.15. The predicted octanol–water partition coefficient (Wildman–Crippen LogP) is 2.03. The molecule has 0 atom stereocenters. The van der Waals surface area contributed by atoms with Crippen LogP contribution < -0.4 is 5.32 Å². The maximum absolute atomic E-state index is 12.2. The number of likely N-dealkylation sites (N-methyl/N-ethyl adjacent to an activating group) is 2. The van der Waals surface area contributed by atoms with Crippen LogP contribution in [0.15, 0.2) is 4.99 Å². The molecule has 1 N–H and O–H groups in total. The molecule has 0 saturated carbocycles. The first-order valence-corrected chi connectivity index (χ1v) is 8.94. The van der Waals surface area contributed by atoms with Gasteiger partial charge in [-0.1, -0.05) is 0 Å². The number of amides is 1. The lowest BCUT2D eigenvalue weighted by Crippen LogP contribution is -2.45. The smallest absolute Gasteiger partial charge is 0.242 e. The molecular formula is C16H29N5OS. The third-order valence-corrected chi connectivity index (χ3v) is 4.61. The average Bonchev–Trinajstić information content (AvgIpc) is 2.82. The van der Waals surface area contributed by atoms with Crippen LogP contribution in [-0.4, -0.2) is 59.9 Å². The van der Waals surface area contributed by atoms with Crippen molar-refractivity contribution in [3.63, 3.8) is 0 Å². The number of hydrogen-bond donors (Lipinski definition) is 1. The van der Waals surface area contributed by atoms with Gasteiger partial charge in [0.05, 0.1) is 23.8 Å². The normalized spacial score (nSPS) is 11.5. The van der Waals surface area contributed by atoms with E-state index in [1.54, 1.807) is 11.3 Å². The van der Waals surface area contributed by atoms with E-state index in [0.717, 1.165) is 36.3 Å². The Morgan fingerprint density at radius 3 is 2.39 bits per heavy atom. The maximum Gasteiger partial charge on any atom is 0.242 e. The van der Waals surface area contributed by atoms with Gasteiger partial charge in [-0.15, -0.1) is 11.3 Å². The van der Waals surface area contributed by atoms with Gasteiger partial charge in [-0.3, -0.25) is 4.79 Å². The van der Waals surface area contributed by atoms with Crippen molar-refractivity contribution in [1.29, 1.82) is 0 Å². The van der Waals surface area contributed by atoms with Gasteiger partial charge in [-0.2, -0.15) is 0 Å². The monoisotopic (exact) mass is 339 g/mol. The number of aliphatic imine (C=N–C) groups is 1. The summed E-state index contributed by atoms with van der Waals surface area (Å²) in [7, 11) is 1.90. The highest BCUT2D eigenvalue weighted by molar-refractivity contribution is 7.11. The third kappa shape index (κ3) is 5.82. The van der Waals surface area contributed by atoms with Crippen molar-refractivity contribution < 1.29 is 4.79 Å². The Morgan fingerprint density at radius 1 is 1.26 bits per heavy atom. The zero-order valence-corrected chi connectivity index (χ0v) is 16.0. The maximum atomic E-state index is 12.2. The number of hydrogen-bond acceptors (Lipinski definition) is 4. The summed E-state index contributed by atoms with van der Waals surface area (Å²) in [6, 6.07) is 0. The fourth-order valence-electron chi connectivity index (χ4n) is 2.29. The highest BCUT2D eigenvalue weighted by atomic mass is 32.1. The topological polar surface area (TPSA) is 60.8 Å². The molecule has 0 aliphatic rings. The number of carbonyl (C=O) groups excluding carboxylic acids is 1. The highest BCUT2D eigenvalue weighted by Crippen LogP contribution is 2.17. The lowest BCUT2D eigenvalue weighted by molar-refractivity contribution is -0.131. The second-order valence-electron chi connectivity index (χ2n) is 5.33. The molecule has 0 aliphatic heterocycles. The van der Waals surface area contributed by atoms with Crippen molar-refractivity contribution in [2.24, 2.45) is 4.99 Å². The Hall–Kier alpha value is -1.63. The molecular weight excluding hydrogens is 310 g/mol. The number of nitrogens with zero attached hydrogens (tertiary/aromatic N) is 4. The molecule has 0 bridgehead atoms. The fraction of sp³-hybridized carbons (Fsp3) is 0.688. The van der Waals surface area contributed by atoms with Crippen LogP contribution in [0, 0.1) is 13.8 Å². The quantitative estimate of drug-likeness (QED) is 0.610. The summed E-state index contributed by atoms with van der Waals surface area (Å²) >= 11 is 1.67. The van der Waals surface area contributed by atoms with E-state index < -0.39 is 0 Å². The molecule has 1 rings (SSSR count). The second kappa shape index (κ2) is 9.50. The Labute approximate surface area is 143 Å². The van der Waals surface area contributed by atoms with E-state index in [9.17, 15) is 4.79 Å². The molecule has 0 aliphatic carbocycles. The van der Waals surface area contributed by atoms with E-state index in [4.69, 9.17) is 0 Å². The van der Waals surface area contributed by atoms with Gasteiger partial charge in [0.2, 0.25) is 5.91 Å². The van der Waals surface area contributed by atoms with Crippen LogP contribution in [0.2, 0.25) is 0 Å². The number of guanidine groups is 1. The van der Waals surface area contributed by atoms with E-state index >= 15 is 0 Å². The molecule has 130 valence electrons. The van der Waals surface area contributed by atoms with Crippen molar-refractivity contribution in [3.8, 4) is 0 Å². The molecule has 0 aromatic carbocycles. The van der Waals surface area contributed by atoms with Gasteiger partial charge in [-0.05, 0) is 34.6 Å². The van der Waals surface area contributed by atoms with Gasteiger partial charge in [0, 0.05) is 31.6 Å². The minimum Gasteiger partial charge on any atom is -0.357 e. The molecule has 0 spiro atoms. The number of aromatic nitrogens is 1. The van der Waals surface area contributed by atoms with Crippen molar-refractivity contribution in [1.82, 2.24) is 20.1 Å². The summed E-state index contributed by atoms with van der Waals surface area (Å²) in [4.78, 5) is 26.2. The predicted molar refractivity (Wildman–Crippen MR) is 97.0 cm³/mol.